The minimum Gasteiger partial charge on any atom is -0.378 e. The monoisotopic (exact) mass is 310 g/mol. The van der Waals surface area contributed by atoms with Crippen molar-refractivity contribution in [1.82, 2.24) is 10.6 Å². The minimum absolute atomic E-state index is 0.758. The number of aliphatic imine (C=N–C) groups is 1. The molecule has 0 aliphatic heterocycles. The second-order valence-electron chi connectivity index (χ2n) is 5.77. The number of nitrogens with zero attached hydrogens (tertiary/aromatic N) is 2. The normalized spacial score (nSPS) is 11.2. The lowest BCUT2D eigenvalue weighted by Gasteiger charge is -2.16. The highest BCUT2D eigenvalue weighted by Gasteiger charge is 2.03. The Labute approximate surface area is 139 Å². The number of guanidine groups is 1. The van der Waals surface area contributed by atoms with Crippen molar-refractivity contribution < 1.29 is 0 Å². The van der Waals surface area contributed by atoms with Gasteiger partial charge in [-0.05, 0) is 35.7 Å². The van der Waals surface area contributed by atoms with Crippen LogP contribution in [0.4, 0.5) is 5.69 Å². The first-order chi connectivity index (χ1) is 11.1. The van der Waals surface area contributed by atoms with Gasteiger partial charge >= 0.3 is 0 Å². The van der Waals surface area contributed by atoms with Crippen molar-refractivity contribution in [2.24, 2.45) is 4.99 Å². The SMILES string of the molecule is CN=C(NCc1ccccc1)NCc1ccc(N(C)C)cc1C. The first-order valence-corrected chi connectivity index (χ1v) is 7.85. The summed E-state index contributed by atoms with van der Waals surface area (Å²) in [5.41, 5.74) is 5.01. The zero-order valence-corrected chi connectivity index (χ0v) is 14.4. The number of anilines is 1. The molecule has 4 nitrogen and oxygen atoms in total. The number of rotatable bonds is 5. The Morgan fingerprint density at radius 2 is 1.70 bits per heavy atom. The fourth-order valence-electron chi connectivity index (χ4n) is 2.34. The van der Waals surface area contributed by atoms with Gasteiger partial charge in [0.25, 0.3) is 0 Å². The van der Waals surface area contributed by atoms with Gasteiger partial charge in [-0.3, -0.25) is 4.99 Å². The van der Waals surface area contributed by atoms with Gasteiger partial charge in [0.05, 0.1) is 0 Å². The van der Waals surface area contributed by atoms with Crippen LogP contribution in [0.25, 0.3) is 0 Å². The van der Waals surface area contributed by atoms with Crippen LogP contribution >= 0.6 is 0 Å². The standard InChI is InChI=1S/C19H26N4/c1-15-12-18(23(3)4)11-10-17(15)14-22-19(20-2)21-13-16-8-6-5-7-9-16/h5-12H,13-14H2,1-4H3,(H2,20,21,22). The van der Waals surface area contributed by atoms with Crippen molar-refractivity contribution in [3.63, 3.8) is 0 Å². The number of aryl methyl sites for hydroxylation is 1. The number of hydrogen-bond acceptors (Lipinski definition) is 2. The molecule has 122 valence electrons. The maximum absolute atomic E-state index is 4.28. The third-order valence-corrected chi connectivity index (χ3v) is 3.82. The van der Waals surface area contributed by atoms with E-state index in [4.69, 9.17) is 0 Å². The predicted molar refractivity (Wildman–Crippen MR) is 99.0 cm³/mol. The molecule has 0 bridgehead atoms. The Balaban J connectivity index is 1.90. The van der Waals surface area contributed by atoms with Gasteiger partial charge < -0.3 is 15.5 Å². The van der Waals surface area contributed by atoms with Gasteiger partial charge in [-0.15, -0.1) is 0 Å². The van der Waals surface area contributed by atoms with Crippen LogP contribution in [0.15, 0.2) is 53.5 Å². The molecule has 0 fully saturated rings. The second kappa shape index (κ2) is 8.22. The largest absolute Gasteiger partial charge is 0.378 e. The predicted octanol–water partition coefficient (Wildman–Crippen LogP) is 2.93. The fourth-order valence-corrected chi connectivity index (χ4v) is 2.34. The Morgan fingerprint density at radius 3 is 2.30 bits per heavy atom. The molecule has 0 radical (unpaired) electrons. The molecule has 0 unspecified atom stereocenters. The summed E-state index contributed by atoms with van der Waals surface area (Å²) in [7, 11) is 5.91. The highest BCUT2D eigenvalue weighted by Crippen LogP contribution is 2.17. The number of nitrogens with one attached hydrogen (secondary N) is 2. The average Bonchev–Trinajstić information content (AvgIpc) is 2.57. The van der Waals surface area contributed by atoms with E-state index in [-0.39, 0.29) is 0 Å². The Kier molecular flexibility index (Phi) is 6.03. The van der Waals surface area contributed by atoms with Crippen LogP contribution in [0, 0.1) is 6.92 Å². The van der Waals surface area contributed by atoms with E-state index in [9.17, 15) is 0 Å². The van der Waals surface area contributed by atoms with Gasteiger partial charge in [-0.2, -0.15) is 0 Å². The molecule has 0 aliphatic rings. The van der Waals surface area contributed by atoms with E-state index in [0.29, 0.717) is 0 Å². The van der Waals surface area contributed by atoms with Crippen LogP contribution in [-0.4, -0.2) is 27.1 Å². The molecule has 0 heterocycles. The molecule has 0 amide bonds. The molecular weight excluding hydrogens is 284 g/mol. The minimum atomic E-state index is 0.758. The molecule has 2 aromatic rings. The smallest absolute Gasteiger partial charge is 0.191 e. The quantitative estimate of drug-likeness (QED) is 0.659. The van der Waals surface area contributed by atoms with E-state index in [0.717, 1.165) is 19.0 Å². The highest BCUT2D eigenvalue weighted by molar-refractivity contribution is 5.79. The molecule has 2 N–H and O–H groups in total. The zero-order chi connectivity index (χ0) is 16.7. The van der Waals surface area contributed by atoms with Gasteiger partial charge in [0.2, 0.25) is 0 Å². The van der Waals surface area contributed by atoms with Crippen molar-refractivity contribution >= 4 is 11.6 Å². The van der Waals surface area contributed by atoms with Crippen molar-refractivity contribution in [2.45, 2.75) is 20.0 Å². The summed E-state index contributed by atoms with van der Waals surface area (Å²) in [5, 5.41) is 6.71. The summed E-state index contributed by atoms with van der Waals surface area (Å²) in [5.74, 6) is 0.810. The summed E-state index contributed by atoms with van der Waals surface area (Å²) in [6, 6.07) is 16.8. The molecule has 0 aromatic heterocycles. The maximum atomic E-state index is 4.28. The van der Waals surface area contributed by atoms with Gasteiger partial charge in [0.1, 0.15) is 0 Å². The summed E-state index contributed by atoms with van der Waals surface area (Å²) >= 11 is 0. The third-order valence-electron chi connectivity index (χ3n) is 3.82. The lowest BCUT2D eigenvalue weighted by Crippen LogP contribution is -2.36. The average molecular weight is 310 g/mol. The van der Waals surface area contributed by atoms with Crippen molar-refractivity contribution in [2.75, 3.05) is 26.0 Å². The summed E-state index contributed by atoms with van der Waals surface area (Å²) in [6.45, 7) is 3.66. The molecule has 0 saturated carbocycles. The molecular formula is C19H26N4. The van der Waals surface area contributed by atoms with Crippen molar-refractivity contribution in [3.8, 4) is 0 Å². The summed E-state index contributed by atoms with van der Waals surface area (Å²) in [6.07, 6.45) is 0. The Bertz CT molecular complexity index is 648. The topological polar surface area (TPSA) is 39.7 Å². The fraction of sp³-hybridized carbons (Fsp3) is 0.316. The zero-order valence-electron chi connectivity index (χ0n) is 14.4. The molecule has 0 saturated heterocycles. The van der Waals surface area contributed by atoms with Crippen LogP contribution in [0.5, 0.6) is 0 Å². The highest BCUT2D eigenvalue weighted by atomic mass is 15.2. The Morgan fingerprint density at radius 1 is 1.00 bits per heavy atom. The first kappa shape index (κ1) is 16.9. The van der Waals surface area contributed by atoms with Gasteiger partial charge in [-0.25, -0.2) is 0 Å². The maximum Gasteiger partial charge on any atom is 0.191 e. The lowest BCUT2D eigenvalue weighted by molar-refractivity contribution is 0.806. The van der Waals surface area contributed by atoms with Gasteiger partial charge in [0.15, 0.2) is 5.96 Å². The van der Waals surface area contributed by atoms with Crippen LogP contribution in [0.3, 0.4) is 0 Å². The van der Waals surface area contributed by atoms with Gasteiger partial charge in [-0.1, -0.05) is 36.4 Å². The van der Waals surface area contributed by atoms with Crippen LogP contribution in [0.2, 0.25) is 0 Å². The summed E-state index contributed by atoms with van der Waals surface area (Å²) < 4.78 is 0. The molecule has 23 heavy (non-hydrogen) atoms. The summed E-state index contributed by atoms with van der Waals surface area (Å²) in [4.78, 5) is 6.40. The van der Waals surface area contributed by atoms with Crippen LogP contribution < -0.4 is 15.5 Å². The van der Waals surface area contributed by atoms with E-state index in [2.05, 4.69) is 71.9 Å². The second-order valence-corrected chi connectivity index (χ2v) is 5.77. The third kappa shape index (κ3) is 5.02. The number of hydrogen-bond donors (Lipinski definition) is 2. The van der Waals surface area contributed by atoms with Crippen molar-refractivity contribution in [3.05, 3.63) is 65.2 Å². The lowest BCUT2D eigenvalue weighted by atomic mass is 10.1. The van der Waals surface area contributed by atoms with E-state index in [1.165, 1.54) is 22.4 Å². The van der Waals surface area contributed by atoms with Crippen molar-refractivity contribution in [1.29, 1.82) is 0 Å². The van der Waals surface area contributed by atoms with E-state index >= 15 is 0 Å². The molecule has 4 heteroatoms. The first-order valence-electron chi connectivity index (χ1n) is 7.85. The van der Waals surface area contributed by atoms with Crippen LogP contribution in [0.1, 0.15) is 16.7 Å². The van der Waals surface area contributed by atoms with E-state index < -0.39 is 0 Å². The van der Waals surface area contributed by atoms with E-state index in [1.54, 1.807) is 7.05 Å². The molecule has 0 spiro atoms. The van der Waals surface area contributed by atoms with E-state index in [1.807, 2.05) is 18.2 Å². The molecule has 2 rings (SSSR count). The molecule has 0 atom stereocenters. The van der Waals surface area contributed by atoms with Crippen LogP contribution in [-0.2, 0) is 13.1 Å². The number of benzene rings is 2. The molecule has 2 aromatic carbocycles. The van der Waals surface area contributed by atoms with Gasteiger partial charge in [0, 0.05) is 39.9 Å². The molecule has 0 aliphatic carbocycles. The Hall–Kier alpha value is -2.49.